The van der Waals surface area contributed by atoms with Crippen molar-refractivity contribution in [2.45, 2.75) is 63.6 Å². The number of nitrogens with zero attached hydrogens (tertiary/aromatic N) is 3. The minimum atomic E-state index is -0.632. The van der Waals surface area contributed by atoms with Crippen LogP contribution in [0.25, 0.3) is 0 Å². The molecule has 38 heavy (non-hydrogen) atoms. The number of amides is 3. The molecule has 1 atom stereocenters. The molecular weight excluding hydrogens is 522 g/mol. The summed E-state index contributed by atoms with van der Waals surface area (Å²) < 4.78 is 0. The first kappa shape index (κ1) is 26.4. The van der Waals surface area contributed by atoms with E-state index >= 15 is 0 Å². The van der Waals surface area contributed by atoms with Gasteiger partial charge in [-0.25, -0.2) is 4.99 Å². The molecule has 0 aromatic heterocycles. The number of carbonyl (C=O) groups is 3. The van der Waals surface area contributed by atoms with Gasteiger partial charge in [-0.2, -0.15) is 4.99 Å². The van der Waals surface area contributed by atoms with E-state index in [1.165, 1.54) is 18.2 Å². The number of benzene rings is 2. The minimum Gasteiger partial charge on any atom is -0.353 e. The Hall–Kier alpha value is -3.17. The normalized spacial score (nSPS) is 18.8. The Morgan fingerprint density at radius 1 is 1.00 bits per heavy atom. The predicted molar refractivity (Wildman–Crippen MR) is 151 cm³/mol. The number of aliphatic imine (C=N–C) groups is 2. The first-order chi connectivity index (χ1) is 18.5. The van der Waals surface area contributed by atoms with Crippen LogP contribution in [0.2, 0.25) is 5.02 Å². The highest BCUT2D eigenvalue weighted by Crippen LogP contribution is 2.35. The second-order valence-corrected chi connectivity index (χ2v) is 11.0. The molecule has 2 heterocycles. The molecule has 2 aromatic carbocycles. The van der Waals surface area contributed by atoms with Gasteiger partial charge >= 0.3 is 0 Å². The van der Waals surface area contributed by atoms with Crippen molar-refractivity contribution < 1.29 is 14.4 Å². The van der Waals surface area contributed by atoms with Gasteiger partial charge in [0, 0.05) is 29.6 Å². The minimum absolute atomic E-state index is 0.0411. The van der Waals surface area contributed by atoms with E-state index < -0.39 is 6.04 Å². The van der Waals surface area contributed by atoms with E-state index in [0.717, 1.165) is 36.8 Å². The Morgan fingerprint density at radius 3 is 2.58 bits per heavy atom. The second-order valence-electron chi connectivity index (χ2n) is 9.67. The first-order valence-corrected chi connectivity index (χ1v) is 14.4. The summed E-state index contributed by atoms with van der Waals surface area (Å²) in [6.45, 7) is 0.321. The maximum absolute atomic E-state index is 13.0. The van der Waals surface area contributed by atoms with Crippen molar-refractivity contribution >= 4 is 57.8 Å². The lowest BCUT2D eigenvalue weighted by molar-refractivity contribution is -0.123. The molecule has 1 fully saturated rings. The highest BCUT2D eigenvalue weighted by molar-refractivity contribution is 8.14. The Balaban J connectivity index is 1.25. The number of fused-ring (bicyclic) bond motifs is 3. The van der Waals surface area contributed by atoms with Gasteiger partial charge in [0.15, 0.2) is 5.17 Å². The molecule has 8 nitrogen and oxygen atoms in total. The largest absolute Gasteiger partial charge is 0.353 e. The number of carbonyl (C=O) groups excluding carboxylic acids is 3. The van der Waals surface area contributed by atoms with E-state index in [1.54, 1.807) is 11.0 Å². The smallest absolute Gasteiger partial charge is 0.270 e. The maximum Gasteiger partial charge on any atom is 0.270 e. The van der Waals surface area contributed by atoms with Gasteiger partial charge in [0.05, 0.1) is 11.4 Å². The lowest BCUT2D eigenvalue weighted by Crippen LogP contribution is -2.45. The van der Waals surface area contributed by atoms with Crippen molar-refractivity contribution in [2.24, 2.45) is 9.98 Å². The number of nitrogens with one attached hydrogen (secondary N) is 2. The standard InChI is InChI=1S/C28H30ClN5O3S/c29-21-12-6-4-8-18(21)16-30-25(36)17-38-28-32-22-13-7-5-11-20(22)26-33-27(37)23(34(26)28)14-15-24(35)31-19-9-2-1-3-10-19/h4-8,11-13,19,23H,1-3,9-10,14-17H2,(H,30,36)(H,31,35). The summed E-state index contributed by atoms with van der Waals surface area (Å²) in [5.74, 6) is 0.124. The fourth-order valence-electron chi connectivity index (χ4n) is 5.01. The van der Waals surface area contributed by atoms with Gasteiger partial charge in [0.25, 0.3) is 5.91 Å². The molecular formula is C28H30ClN5O3S. The average Bonchev–Trinajstić information content (AvgIpc) is 3.27. The Morgan fingerprint density at radius 2 is 1.76 bits per heavy atom. The van der Waals surface area contributed by atoms with Crippen LogP contribution in [0.1, 0.15) is 56.1 Å². The number of amidine groups is 2. The molecule has 1 saturated carbocycles. The summed E-state index contributed by atoms with van der Waals surface area (Å²) in [6.07, 6.45) is 6.07. The molecule has 198 valence electrons. The zero-order valence-corrected chi connectivity index (χ0v) is 22.6. The monoisotopic (exact) mass is 551 g/mol. The van der Waals surface area contributed by atoms with E-state index in [4.69, 9.17) is 16.6 Å². The lowest BCUT2D eigenvalue weighted by atomic mass is 9.95. The van der Waals surface area contributed by atoms with Crippen LogP contribution in [0, 0.1) is 0 Å². The van der Waals surface area contributed by atoms with Crippen LogP contribution < -0.4 is 10.6 Å². The van der Waals surface area contributed by atoms with Crippen LogP contribution in [-0.2, 0) is 20.9 Å². The van der Waals surface area contributed by atoms with Gasteiger partial charge in [-0.15, -0.1) is 0 Å². The number of para-hydroxylation sites is 1. The average molecular weight is 552 g/mol. The van der Waals surface area contributed by atoms with E-state index in [2.05, 4.69) is 15.6 Å². The fourth-order valence-corrected chi connectivity index (χ4v) is 6.09. The third-order valence-electron chi connectivity index (χ3n) is 6.99. The van der Waals surface area contributed by atoms with Gasteiger partial charge in [-0.1, -0.05) is 73.0 Å². The second kappa shape index (κ2) is 12.1. The molecule has 2 aliphatic heterocycles. The number of halogens is 1. The van der Waals surface area contributed by atoms with E-state index in [0.29, 0.717) is 34.7 Å². The van der Waals surface area contributed by atoms with Crippen LogP contribution >= 0.6 is 23.4 Å². The van der Waals surface area contributed by atoms with Crippen molar-refractivity contribution in [1.29, 1.82) is 0 Å². The Bertz CT molecular complexity index is 1290. The van der Waals surface area contributed by atoms with Crippen LogP contribution in [0.3, 0.4) is 0 Å². The predicted octanol–water partition coefficient (Wildman–Crippen LogP) is 4.58. The summed E-state index contributed by atoms with van der Waals surface area (Å²) in [4.78, 5) is 49.3. The van der Waals surface area contributed by atoms with Gasteiger partial charge < -0.3 is 10.6 Å². The molecule has 1 unspecified atom stereocenters. The van der Waals surface area contributed by atoms with Gasteiger partial charge in [0.1, 0.15) is 11.9 Å². The molecule has 5 rings (SSSR count). The molecule has 0 radical (unpaired) electrons. The van der Waals surface area contributed by atoms with Gasteiger partial charge in [-0.05, 0) is 43.0 Å². The topological polar surface area (TPSA) is 103 Å². The molecule has 10 heteroatoms. The maximum atomic E-state index is 13.0. The van der Waals surface area contributed by atoms with Crippen molar-refractivity contribution in [1.82, 2.24) is 15.5 Å². The number of hydrogen-bond donors (Lipinski definition) is 2. The lowest BCUT2D eigenvalue weighted by Gasteiger charge is -2.31. The number of rotatable bonds is 8. The Labute approximate surface area is 231 Å². The van der Waals surface area contributed by atoms with Crippen LogP contribution in [0.15, 0.2) is 58.5 Å². The summed E-state index contributed by atoms with van der Waals surface area (Å²) >= 11 is 7.45. The highest BCUT2D eigenvalue weighted by Gasteiger charge is 2.41. The number of hydrogen-bond acceptors (Lipinski definition) is 6. The van der Waals surface area contributed by atoms with Crippen LogP contribution in [-0.4, -0.2) is 51.5 Å². The third-order valence-corrected chi connectivity index (χ3v) is 8.31. The van der Waals surface area contributed by atoms with Crippen molar-refractivity contribution in [3.8, 4) is 0 Å². The molecule has 0 spiro atoms. The van der Waals surface area contributed by atoms with Gasteiger partial charge in [-0.3, -0.25) is 19.3 Å². The van der Waals surface area contributed by atoms with Crippen LogP contribution in [0.4, 0.5) is 5.69 Å². The molecule has 1 aliphatic carbocycles. The fraction of sp³-hybridized carbons (Fsp3) is 0.393. The number of thioether (sulfide) groups is 1. The zero-order chi connectivity index (χ0) is 26.5. The summed E-state index contributed by atoms with van der Waals surface area (Å²) in [5.41, 5.74) is 2.30. The van der Waals surface area contributed by atoms with E-state index in [1.807, 2.05) is 42.5 Å². The van der Waals surface area contributed by atoms with Gasteiger partial charge in [0.2, 0.25) is 11.8 Å². The molecule has 3 aliphatic rings. The molecule has 0 bridgehead atoms. The quantitative estimate of drug-likeness (QED) is 0.500. The summed E-state index contributed by atoms with van der Waals surface area (Å²) in [5, 5.41) is 7.14. The van der Waals surface area contributed by atoms with Crippen molar-refractivity contribution in [2.75, 3.05) is 5.75 Å². The SMILES string of the molecule is O=C(CSC1=Nc2ccccc2C2=NC(=O)C(CCC(=O)NC3CCCCC3)N12)NCc1ccccc1Cl. The zero-order valence-electron chi connectivity index (χ0n) is 21.0. The molecule has 2 aromatic rings. The highest BCUT2D eigenvalue weighted by atomic mass is 35.5. The molecule has 3 amide bonds. The first-order valence-electron chi connectivity index (χ1n) is 13.0. The van der Waals surface area contributed by atoms with E-state index in [9.17, 15) is 14.4 Å². The molecule has 2 N–H and O–H groups in total. The summed E-state index contributed by atoms with van der Waals surface area (Å²) in [6, 6.07) is 14.5. The Kier molecular flexibility index (Phi) is 8.44. The van der Waals surface area contributed by atoms with E-state index in [-0.39, 0.29) is 35.9 Å². The molecule has 0 saturated heterocycles. The third kappa shape index (κ3) is 6.10. The van der Waals surface area contributed by atoms with Crippen molar-refractivity contribution in [3.05, 3.63) is 64.7 Å². The van der Waals surface area contributed by atoms with Crippen molar-refractivity contribution in [3.63, 3.8) is 0 Å². The summed E-state index contributed by atoms with van der Waals surface area (Å²) in [7, 11) is 0. The van der Waals surface area contributed by atoms with Crippen LogP contribution in [0.5, 0.6) is 0 Å².